The maximum absolute atomic E-state index is 11.3. The molecule has 1 aliphatic rings. The summed E-state index contributed by atoms with van der Waals surface area (Å²) >= 11 is 2.77. The average Bonchev–Trinajstić information content (AvgIpc) is 2.97. The van der Waals surface area contributed by atoms with Gasteiger partial charge in [0.1, 0.15) is 0 Å². The molecule has 1 N–H and O–H groups in total. The predicted octanol–water partition coefficient (Wildman–Crippen LogP) is 3.53. The van der Waals surface area contributed by atoms with Crippen molar-refractivity contribution in [3.8, 4) is 0 Å². The zero-order chi connectivity index (χ0) is 17.3. The summed E-state index contributed by atoms with van der Waals surface area (Å²) in [4.78, 5) is 13.3. The van der Waals surface area contributed by atoms with E-state index in [0.717, 1.165) is 15.2 Å². The lowest BCUT2D eigenvalue weighted by Crippen LogP contribution is -2.41. The molecule has 0 atom stereocenters. The predicted molar refractivity (Wildman–Crippen MR) is 97.4 cm³/mol. The minimum absolute atomic E-state index is 0.0343. The van der Waals surface area contributed by atoms with Crippen molar-refractivity contribution in [3.63, 3.8) is 0 Å². The van der Waals surface area contributed by atoms with E-state index in [1.807, 2.05) is 45.9 Å². The normalized spacial score (nSPS) is 20.1. The Kier molecular flexibility index (Phi) is 5.79. The lowest BCUT2D eigenvalue weighted by molar-refractivity contribution is -0.109. The molecule has 0 aliphatic carbocycles. The van der Waals surface area contributed by atoms with Crippen molar-refractivity contribution in [1.82, 2.24) is 0 Å². The number of aliphatic hydroxyl groups excluding tert-OH is 1. The second kappa shape index (κ2) is 7.11. The van der Waals surface area contributed by atoms with Gasteiger partial charge in [-0.05, 0) is 51.4 Å². The fourth-order valence-corrected chi connectivity index (χ4v) is 3.54. The molecule has 0 spiro atoms. The first kappa shape index (κ1) is 18.7. The van der Waals surface area contributed by atoms with Gasteiger partial charge in [0.2, 0.25) is 0 Å². The molecule has 4 nitrogen and oxygen atoms in total. The Morgan fingerprint density at radius 1 is 1.30 bits per heavy atom. The molecule has 0 unspecified atom stereocenters. The highest BCUT2D eigenvalue weighted by Gasteiger charge is 2.52. The van der Waals surface area contributed by atoms with Crippen LogP contribution in [0.1, 0.15) is 44.4 Å². The molecule has 126 valence electrons. The van der Waals surface area contributed by atoms with Crippen molar-refractivity contribution in [2.45, 2.75) is 52.4 Å². The number of hydrogen-bond acceptors (Lipinski definition) is 6. The van der Waals surface area contributed by atoms with Gasteiger partial charge in [0.15, 0.2) is 5.12 Å². The number of thioether (sulfide) groups is 1. The third kappa shape index (κ3) is 4.48. The van der Waals surface area contributed by atoms with Gasteiger partial charge >= 0.3 is 7.12 Å². The highest BCUT2D eigenvalue weighted by atomic mass is 32.2. The summed E-state index contributed by atoms with van der Waals surface area (Å²) in [6.07, 6.45) is 2.00. The Labute approximate surface area is 146 Å². The molecule has 1 saturated heterocycles. The molecule has 0 saturated carbocycles. The zero-order valence-electron chi connectivity index (χ0n) is 14.2. The van der Waals surface area contributed by atoms with Gasteiger partial charge in [-0.15, -0.1) is 11.3 Å². The molecule has 1 aliphatic heterocycles. The van der Waals surface area contributed by atoms with Crippen molar-refractivity contribution in [2.75, 3.05) is 5.75 Å². The molecular formula is C16H23BO4S2. The molecule has 2 rings (SSSR count). The van der Waals surface area contributed by atoms with Crippen molar-refractivity contribution >= 4 is 41.4 Å². The molecule has 1 aromatic rings. The Hall–Kier alpha value is -0.595. The summed E-state index contributed by atoms with van der Waals surface area (Å²) in [6.45, 7) is 9.64. The van der Waals surface area contributed by atoms with E-state index in [0.29, 0.717) is 5.75 Å². The van der Waals surface area contributed by atoms with Crippen LogP contribution in [0.15, 0.2) is 17.6 Å². The SMILES string of the molecule is CC(=O)SCC(=Cc1ccc(CO)s1)B1OC(C)(C)C(C)(C)O1. The largest absolute Gasteiger partial charge is 0.491 e. The first-order valence-corrected chi connectivity index (χ1v) is 9.34. The zero-order valence-corrected chi connectivity index (χ0v) is 15.8. The van der Waals surface area contributed by atoms with Crippen LogP contribution in [0.4, 0.5) is 0 Å². The summed E-state index contributed by atoms with van der Waals surface area (Å²) in [5.74, 6) is 0.526. The number of thiophene rings is 1. The summed E-state index contributed by atoms with van der Waals surface area (Å²) in [7, 11) is -0.466. The first-order valence-electron chi connectivity index (χ1n) is 7.53. The van der Waals surface area contributed by atoms with E-state index >= 15 is 0 Å². The molecular weight excluding hydrogens is 331 g/mol. The fraction of sp³-hybridized carbons (Fsp3) is 0.562. The van der Waals surface area contributed by atoms with Gasteiger partial charge in [-0.25, -0.2) is 0 Å². The Morgan fingerprint density at radius 2 is 1.91 bits per heavy atom. The topological polar surface area (TPSA) is 55.8 Å². The Balaban J connectivity index is 2.26. The van der Waals surface area contributed by atoms with Gasteiger partial charge in [-0.1, -0.05) is 11.8 Å². The highest BCUT2D eigenvalue weighted by Crippen LogP contribution is 2.39. The van der Waals surface area contributed by atoms with Crippen molar-refractivity contribution < 1.29 is 19.2 Å². The molecule has 1 aromatic heterocycles. The number of rotatable bonds is 5. The minimum atomic E-state index is -0.466. The van der Waals surface area contributed by atoms with Crippen molar-refractivity contribution in [3.05, 3.63) is 27.4 Å². The molecule has 0 amide bonds. The Morgan fingerprint density at radius 3 is 2.39 bits per heavy atom. The van der Waals surface area contributed by atoms with Crippen LogP contribution < -0.4 is 0 Å². The van der Waals surface area contributed by atoms with Gasteiger partial charge in [-0.3, -0.25) is 4.79 Å². The van der Waals surface area contributed by atoms with Crippen LogP contribution in [-0.4, -0.2) is 34.3 Å². The third-order valence-corrected chi connectivity index (χ3v) is 6.07. The fourth-order valence-electron chi connectivity index (χ4n) is 2.10. The highest BCUT2D eigenvalue weighted by molar-refractivity contribution is 8.13. The first-order chi connectivity index (χ1) is 10.6. The number of carbonyl (C=O) groups is 1. The van der Waals surface area contributed by atoms with E-state index in [4.69, 9.17) is 9.31 Å². The van der Waals surface area contributed by atoms with Crippen LogP contribution in [0.5, 0.6) is 0 Å². The monoisotopic (exact) mass is 354 g/mol. The molecule has 0 aromatic carbocycles. The molecule has 7 heteroatoms. The lowest BCUT2D eigenvalue weighted by atomic mass is 9.79. The second-order valence-corrected chi connectivity index (χ2v) is 8.90. The van der Waals surface area contributed by atoms with E-state index in [2.05, 4.69) is 0 Å². The smallest absolute Gasteiger partial charge is 0.400 e. The van der Waals surface area contributed by atoms with E-state index in [1.165, 1.54) is 23.1 Å². The summed E-state index contributed by atoms with van der Waals surface area (Å²) in [5, 5.41) is 9.27. The van der Waals surface area contributed by atoms with Crippen molar-refractivity contribution in [1.29, 1.82) is 0 Å². The van der Waals surface area contributed by atoms with Crippen LogP contribution in [0, 0.1) is 0 Å². The van der Waals surface area contributed by atoms with Crippen molar-refractivity contribution in [2.24, 2.45) is 0 Å². The molecule has 2 heterocycles. The van der Waals surface area contributed by atoms with Crippen LogP contribution in [-0.2, 0) is 20.7 Å². The van der Waals surface area contributed by atoms with E-state index in [-0.39, 0.29) is 11.7 Å². The standard InChI is InChI=1S/C16H23BO4S2/c1-11(19)22-10-12(8-13-6-7-14(9-18)23-13)17-20-15(2,3)16(4,5)21-17/h6-8,18H,9-10H2,1-5H3. The number of carbonyl (C=O) groups excluding carboxylic acids is 1. The molecule has 1 fully saturated rings. The van der Waals surface area contributed by atoms with E-state index in [9.17, 15) is 9.90 Å². The summed E-state index contributed by atoms with van der Waals surface area (Å²) in [5.41, 5.74) is 0.0994. The number of hydrogen-bond donors (Lipinski definition) is 1. The lowest BCUT2D eigenvalue weighted by Gasteiger charge is -2.32. The van der Waals surface area contributed by atoms with Gasteiger partial charge in [0, 0.05) is 22.4 Å². The van der Waals surface area contributed by atoms with Gasteiger partial charge < -0.3 is 14.4 Å². The maximum Gasteiger partial charge on any atom is 0.491 e. The summed E-state index contributed by atoms with van der Waals surface area (Å²) in [6, 6.07) is 3.86. The molecule has 0 bridgehead atoms. The third-order valence-electron chi connectivity index (χ3n) is 4.16. The van der Waals surface area contributed by atoms with Crippen LogP contribution in [0.3, 0.4) is 0 Å². The molecule has 0 radical (unpaired) electrons. The van der Waals surface area contributed by atoms with Crippen LogP contribution in [0.2, 0.25) is 0 Å². The number of aliphatic hydroxyl groups is 1. The summed E-state index contributed by atoms with van der Waals surface area (Å²) < 4.78 is 12.2. The quantitative estimate of drug-likeness (QED) is 0.820. The van der Waals surface area contributed by atoms with E-state index in [1.54, 1.807) is 6.92 Å². The van der Waals surface area contributed by atoms with Gasteiger partial charge in [-0.2, -0.15) is 0 Å². The van der Waals surface area contributed by atoms with Gasteiger partial charge in [0.05, 0.1) is 17.8 Å². The average molecular weight is 354 g/mol. The van der Waals surface area contributed by atoms with Gasteiger partial charge in [0.25, 0.3) is 0 Å². The van der Waals surface area contributed by atoms with Crippen LogP contribution in [0.25, 0.3) is 6.08 Å². The second-order valence-electron chi connectivity index (χ2n) is 6.55. The maximum atomic E-state index is 11.3. The van der Waals surface area contributed by atoms with E-state index < -0.39 is 18.3 Å². The molecule has 23 heavy (non-hydrogen) atoms. The Bertz CT molecular complexity index is 591. The van der Waals surface area contributed by atoms with Crippen LogP contribution >= 0.6 is 23.1 Å². The minimum Gasteiger partial charge on any atom is -0.400 e.